The summed E-state index contributed by atoms with van der Waals surface area (Å²) in [6.45, 7) is 0.301. The number of carbonyl (C=O) groups is 2. The quantitative estimate of drug-likeness (QED) is 0.826. The van der Waals surface area contributed by atoms with Gasteiger partial charge in [0.25, 0.3) is 5.91 Å². The molecule has 2 N–H and O–H groups in total. The topological polar surface area (TPSA) is 94.1 Å². The van der Waals surface area contributed by atoms with E-state index in [-0.39, 0.29) is 19.6 Å². The summed E-state index contributed by atoms with van der Waals surface area (Å²) in [5.41, 5.74) is -1.38. The Labute approximate surface area is 120 Å². The van der Waals surface area contributed by atoms with E-state index in [0.717, 1.165) is 0 Å². The van der Waals surface area contributed by atoms with E-state index in [1.807, 2.05) is 0 Å². The molecule has 0 bridgehead atoms. The second-order valence-corrected chi connectivity index (χ2v) is 5.04. The lowest BCUT2D eigenvalue weighted by atomic mass is 9.98. The third kappa shape index (κ3) is 2.52. The number of ether oxygens (including phenoxy) is 3. The SMILES string of the molecule is O=C(NC1(C(=O)O)CCOC1)C1COc2ccccc2O1. The molecule has 112 valence electrons. The minimum absolute atomic E-state index is 0.0411. The zero-order chi connectivity index (χ0) is 14.9. The highest BCUT2D eigenvalue weighted by Gasteiger charge is 2.45. The van der Waals surface area contributed by atoms with Gasteiger partial charge in [-0.2, -0.15) is 0 Å². The summed E-state index contributed by atoms with van der Waals surface area (Å²) in [5.74, 6) is -0.586. The lowest BCUT2D eigenvalue weighted by molar-refractivity contribution is -0.149. The molecule has 7 nitrogen and oxygen atoms in total. The number of para-hydroxylation sites is 2. The van der Waals surface area contributed by atoms with Crippen LogP contribution in [0.2, 0.25) is 0 Å². The van der Waals surface area contributed by atoms with Crippen LogP contribution >= 0.6 is 0 Å². The molecule has 1 aromatic carbocycles. The van der Waals surface area contributed by atoms with Crippen molar-refractivity contribution >= 4 is 11.9 Å². The Hall–Kier alpha value is -2.28. The van der Waals surface area contributed by atoms with Gasteiger partial charge in [-0.25, -0.2) is 4.79 Å². The van der Waals surface area contributed by atoms with Gasteiger partial charge in [-0.1, -0.05) is 12.1 Å². The Morgan fingerprint density at radius 2 is 2.05 bits per heavy atom. The standard InChI is InChI=1S/C14H15NO6/c16-12(15-14(13(17)18)5-6-19-8-14)11-7-20-9-3-1-2-4-10(9)21-11/h1-4,11H,5-8H2,(H,15,16)(H,17,18). The first-order chi connectivity index (χ1) is 10.1. The second-order valence-electron chi connectivity index (χ2n) is 5.04. The summed E-state index contributed by atoms with van der Waals surface area (Å²) in [5, 5.41) is 11.8. The van der Waals surface area contributed by atoms with E-state index in [1.165, 1.54) is 0 Å². The molecular formula is C14H15NO6. The summed E-state index contributed by atoms with van der Waals surface area (Å²) in [7, 11) is 0. The molecule has 2 aliphatic rings. The van der Waals surface area contributed by atoms with Crippen molar-refractivity contribution in [2.24, 2.45) is 0 Å². The van der Waals surface area contributed by atoms with Gasteiger partial charge in [-0.3, -0.25) is 4.79 Å². The number of nitrogens with one attached hydrogen (secondary N) is 1. The minimum Gasteiger partial charge on any atom is -0.485 e. The maximum atomic E-state index is 12.2. The summed E-state index contributed by atoms with van der Waals surface area (Å²) >= 11 is 0. The average molecular weight is 293 g/mol. The first kappa shape index (κ1) is 13.7. The Kier molecular flexibility index (Phi) is 3.42. The summed E-state index contributed by atoms with van der Waals surface area (Å²) in [4.78, 5) is 23.6. The monoisotopic (exact) mass is 293 g/mol. The number of amides is 1. The first-order valence-electron chi connectivity index (χ1n) is 6.62. The van der Waals surface area contributed by atoms with Crippen LogP contribution in [-0.4, -0.2) is 48.4 Å². The molecular weight excluding hydrogens is 278 g/mol. The van der Waals surface area contributed by atoms with Gasteiger partial charge >= 0.3 is 5.97 Å². The number of carbonyl (C=O) groups excluding carboxylic acids is 1. The van der Waals surface area contributed by atoms with Crippen molar-refractivity contribution in [3.8, 4) is 11.5 Å². The predicted octanol–water partition coefficient (Wildman–Crippen LogP) is 0.186. The number of fused-ring (bicyclic) bond motifs is 1. The van der Waals surface area contributed by atoms with Crippen molar-refractivity contribution in [2.45, 2.75) is 18.1 Å². The summed E-state index contributed by atoms with van der Waals surface area (Å²) in [6, 6.07) is 7.01. The molecule has 3 rings (SSSR count). The lowest BCUT2D eigenvalue weighted by Gasteiger charge is -2.29. The first-order valence-corrected chi connectivity index (χ1v) is 6.62. The fourth-order valence-electron chi connectivity index (χ4n) is 2.35. The Balaban J connectivity index is 1.71. The van der Waals surface area contributed by atoms with Gasteiger partial charge in [-0.05, 0) is 12.1 Å². The number of aliphatic carboxylic acids is 1. The van der Waals surface area contributed by atoms with Crippen LogP contribution in [0.15, 0.2) is 24.3 Å². The number of benzene rings is 1. The maximum Gasteiger partial charge on any atom is 0.331 e. The van der Waals surface area contributed by atoms with Crippen LogP contribution in [0.1, 0.15) is 6.42 Å². The highest BCUT2D eigenvalue weighted by Crippen LogP contribution is 2.31. The van der Waals surface area contributed by atoms with Gasteiger partial charge in [0, 0.05) is 13.0 Å². The van der Waals surface area contributed by atoms with Gasteiger partial charge in [0.2, 0.25) is 6.10 Å². The zero-order valence-corrected chi connectivity index (χ0v) is 11.2. The summed E-state index contributed by atoms with van der Waals surface area (Å²) in [6.07, 6.45) is -0.644. The van der Waals surface area contributed by atoms with Crippen LogP contribution in [0, 0.1) is 0 Å². The molecule has 21 heavy (non-hydrogen) atoms. The summed E-state index contributed by atoms with van der Waals surface area (Å²) < 4.78 is 16.1. The second kappa shape index (κ2) is 5.25. The molecule has 0 saturated carbocycles. The van der Waals surface area contributed by atoms with E-state index in [4.69, 9.17) is 14.2 Å². The molecule has 0 radical (unpaired) electrons. The van der Waals surface area contributed by atoms with Crippen LogP contribution in [-0.2, 0) is 14.3 Å². The lowest BCUT2D eigenvalue weighted by Crippen LogP contribution is -2.59. The zero-order valence-electron chi connectivity index (χ0n) is 11.2. The molecule has 0 spiro atoms. The van der Waals surface area contributed by atoms with Gasteiger partial charge < -0.3 is 24.6 Å². The molecule has 7 heteroatoms. The van der Waals surface area contributed by atoms with E-state index in [2.05, 4.69) is 5.32 Å². The largest absolute Gasteiger partial charge is 0.485 e. The van der Waals surface area contributed by atoms with Crippen LogP contribution in [0.3, 0.4) is 0 Å². The molecule has 2 atom stereocenters. The number of carboxylic acid groups (broad SMARTS) is 1. The van der Waals surface area contributed by atoms with Crippen LogP contribution in [0.5, 0.6) is 11.5 Å². The molecule has 2 aliphatic heterocycles. The van der Waals surface area contributed by atoms with Gasteiger partial charge in [-0.15, -0.1) is 0 Å². The van der Waals surface area contributed by atoms with E-state index < -0.39 is 23.5 Å². The van der Waals surface area contributed by atoms with Crippen molar-refractivity contribution in [1.82, 2.24) is 5.32 Å². The Morgan fingerprint density at radius 1 is 1.29 bits per heavy atom. The van der Waals surface area contributed by atoms with E-state index in [0.29, 0.717) is 18.1 Å². The molecule has 0 aromatic heterocycles. The number of hydrogen-bond donors (Lipinski definition) is 2. The van der Waals surface area contributed by atoms with E-state index >= 15 is 0 Å². The highest BCUT2D eigenvalue weighted by molar-refractivity contribution is 5.90. The molecule has 1 fully saturated rings. The van der Waals surface area contributed by atoms with Crippen molar-refractivity contribution < 1.29 is 28.9 Å². The van der Waals surface area contributed by atoms with Gasteiger partial charge in [0.15, 0.2) is 17.0 Å². The highest BCUT2D eigenvalue weighted by atomic mass is 16.6. The number of carboxylic acids is 1. The van der Waals surface area contributed by atoms with Gasteiger partial charge in [0.1, 0.15) is 6.61 Å². The number of hydrogen-bond acceptors (Lipinski definition) is 5. The molecule has 0 aliphatic carbocycles. The van der Waals surface area contributed by atoms with Crippen molar-refractivity contribution in [2.75, 3.05) is 19.8 Å². The van der Waals surface area contributed by atoms with Crippen LogP contribution in [0.4, 0.5) is 0 Å². The molecule has 1 amide bonds. The van der Waals surface area contributed by atoms with E-state index in [9.17, 15) is 14.7 Å². The van der Waals surface area contributed by atoms with Gasteiger partial charge in [0.05, 0.1) is 6.61 Å². The van der Waals surface area contributed by atoms with E-state index in [1.54, 1.807) is 24.3 Å². The Bertz CT molecular complexity index is 566. The Morgan fingerprint density at radius 3 is 2.71 bits per heavy atom. The predicted molar refractivity (Wildman–Crippen MR) is 70.3 cm³/mol. The smallest absolute Gasteiger partial charge is 0.331 e. The molecule has 2 unspecified atom stereocenters. The van der Waals surface area contributed by atoms with Crippen molar-refractivity contribution in [1.29, 1.82) is 0 Å². The van der Waals surface area contributed by atoms with Crippen LogP contribution in [0.25, 0.3) is 0 Å². The average Bonchev–Trinajstić information content (AvgIpc) is 2.96. The molecule has 1 saturated heterocycles. The van der Waals surface area contributed by atoms with Crippen molar-refractivity contribution in [3.05, 3.63) is 24.3 Å². The fourth-order valence-corrected chi connectivity index (χ4v) is 2.35. The molecule has 2 heterocycles. The van der Waals surface area contributed by atoms with Crippen LogP contribution < -0.4 is 14.8 Å². The third-order valence-electron chi connectivity index (χ3n) is 3.59. The normalized spacial score (nSPS) is 27.1. The molecule has 1 aromatic rings. The number of rotatable bonds is 3. The van der Waals surface area contributed by atoms with Crippen molar-refractivity contribution in [3.63, 3.8) is 0 Å². The third-order valence-corrected chi connectivity index (χ3v) is 3.59. The minimum atomic E-state index is -1.38. The maximum absolute atomic E-state index is 12.2. The fraction of sp³-hybridized carbons (Fsp3) is 0.429.